The lowest BCUT2D eigenvalue weighted by Gasteiger charge is -2.15. The quantitative estimate of drug-likeness (QED) is 0.878. The summed E-state index contributed by atoms with van der Waals surface area (Å²) in [5.41, 5.74) is 1.85. The molecule has 18 heavy (non-hydrogen) atoms. The van der Waals surface area contributed by atoms with Crippen molar-refractivity contribution < 1.29 is 9.90 Å². The van der Waals surface area contributed by atoms with Crippen LogP contribution in [0.1, 0.15) is 35.2 Å². The van der Waals surface area contributed by atoms with E-state index < -0.39 is 0 Å². The number of rotatable bonds is 5. The van der Waals surface area contributed by atoms with E-state index in [0.29, 0.717) is 6.54 Å². The van der Waals surface area contributed by atoms with Gasteiger partial charge < -0.3 is 10.4 Å². The number of aliphatic hydroxyl groups excluding tert-OH is 1. The summed E-state index contributed by atoms with van der Waals surface area (Å²) in [4.78, 5) is 12.1. The second kappa shape index (κ2) is 5.41. The first-order valence-electron chi connectivity index (χ1n) is 6.22. The summed E-state index contributed by atoms with van der Waals surface area (Å²) in [6, 6.07) is 5.65. The molecule has 0 aliphatic heterocycles. The van der Waals surface area contributed by atoms with Crippen LogP contribution in [0.25, 0.3) is 0 Å². The van der Waals surface area contributed by atoms with Crippen LogP contribution in [0.3, 0.4) is 0 Å². The number of nitrogens with one attached hydrogen (secondary N) is 1. The zero-order chi connectivity index (χ0) is 13.2. The third kappa shape index (κ3) is 3.12. The molecule has 1 saturated carbocycles. The van der Waals surface area contributed by atoms with Crippen LogP contribution >= 0.6 is 15.9 Å². The zero-order valence-electron chi connectivity index (χ0n) is 10.5. The van der Waals surface area contributed by atoms with E-state index in [9.17, 15) is 4.79 Å². The van der Waals surface area contributed by atoms with Crippen LogP contribution in [0, 0.1) is 12.3 Å². The lowest BCUT2D eigenvalue weighted by atomic mass is 10.0. The molecule has 1 fully saturated rings. The molecule has 4 heteroatoms. The average molecular weight is 312 g/mol. The topological polar surface area (TPSA) is 49.3 Å². The van der Waals surface area contributed by atoms with Gasteiger partial charge in [-0.2, -0.15) is 0 Å². The molecule has 1 aliphatic carbocycles. The number of benzene rings is 1. The summed E-state index contributed by atoms with van der Waals surface area (Å²) in [5, 5.41) is 12.0. The highest BCUT2D eigenvalue weighted by molar-refractivity contribution is 9.10. The van der Waals surface area contributed by atoms with Crippen molar-refractivity contribution in [2.45, 2.75) is 26.2 Å². The Balaban J connectivity index is 1.96. The molecule has 0 saturated heterocycles. The van der Waals surface area contributed by atoms with Crippen molar-refractivity contribution in [2.75, 3.05) is 13.2 Å². The largest absolute Gasteiger partial charge is 0.396 e. The van der Waals surface area contributed by atoms with Crippen LogP contribution < -0.4 is 5.32 Å². The van der Waals surface area contributed by atoms with Gasteiger partial charge >= 0.3 is 0 Å². The molecular weight excluding hydrogens is 294 g/mol. The number of hydrogen-bond donors (Lipinski definition) is 2. The fourth-order valence-electron chi connectivity index (χ4n) is 2.17. The molecule has 0 heterocycles. The smallest absolute Gasteiger partial charge is 0.251 e. The Labute approximate surface area is 116 Å². The monoisotopic (exact) mass is 311 g/mol. The molecule has 0 radical (unpaired) electrons. The number of amides is 1. The lowest BCUT2D eigenvalue weighted by molar-refractivity contribution is 0.0940. The predicted molar refractivity (Wildman–Crippen MR) is 74.6 cm³/mol. The number of halogens is 1. The second-order valence-electron chi connectivity index (χ2n) is 5.12. The first-order valence-corrected chi connectivity index (χ1v) is 7.01. The van der Waals surface area contributed by atoms with Gasteiger partial charge in [0, 0.05) is 23.2 Å². The zero-order valence-corrected chi connectivity index (χ0v) is 12.1. The van der Waals surface area contributed by atoms with Gasteiger partial charge in [-0.05, 0) is 55.4 Å². The van der Waals surface area contributed by atoms with Crippen molar-refractivity contribution in [1.82, 2.24) is 5.32 Å². The number of carbonyl (C=O) groups excluding carboxylic acids is 1. The van der Waals surface area contributed by atoms with Crippen LogP contribution in [0.4, 0.5) is 0 Å². The van der Waals surface area contributed by atoms with Crippen molar-refractivity contribution in [3.63, 3.8) is 0 Å². The lowest BCUT2D eigenvalue weighted by Crippen LogP contribution is -2.31. The van der Waals surface area contributed by atoms with Gasteiger partial charge in [-0.3, -0.25) is 4.79 Å². The molecule has 1 aromatic carbocycles. The summed E-state index contributed by atoms with van der Waals surface area (Å²) in [5.74, 6) is -0.0239. The minimum Gasteiger partial charge on any atom is -0.396 e. The highest BCUT2D eigenvalue weighted by atomic mass is 79.9. The molecule has 98 valence electrons. The fourth-order valence-corrected chi connectivity index (χ4v) is 2.65. The summed E-state index contributed by atoms with van der Waals surface area (Å²) < 4.78 is 0.982. The van der Waals surface area contributed by atoms with Crippen molar-refractivity contribution in [3.05, 3.63) is 33.8 Å². The van der Waals surface area contributed by atoms with E-state index >= 15 is 0 Å². The van der Waals surface area contributed by atoms with Gasteiger partial charge in [0.1, 0.15) is 0 Å². The van der Waals surface area contributed by atoms with E-state index in [0.717, 1.165) is 34.9 Å². The highest BCUT2D eigenvalue weighted by Crippen LogP contribution is 2.47. The molecule has 2 N–H and O–H groups in total. The third-order valence-electron chi connectivity index (χ3n) is 3.66. The third-order valence-corrected chi connectivity index (χ3v) is 4.15. The Hall–Kier alpha value is -0.870. The van der Waals surface area contributed by atoms with Crippen molar-refractivity contribution in [3.8, 4) is 0 Å². The first-order chi connectivity index (χ1) is 8.56. The van der Waals surface area contributed by atoms with Crippen LogP contribution in [-0.4, -0.2) is 24.2 Å². The molecule has 2 rings (SSSR count). The van der Waals surface area contributed by atoms with E-state index in [1.54, 1.807) is 0 Å². The molecule has 0 unspecified atom stereocenters. The number of hydrogen-bond acceptors (Lipinski definition) is 2. The predicted octanol–water partition coefficient (Wildman–Crippen LogP) is 2.65. The Morgan fingerprint density at radius 1 is 1.50 bits per heavy atom. The van der Waals surface area contributed by atoms with Gasteiger partial charge in [0.15, 0.2) is 0 Å². The fraction of sp³-hybridized carbons (Fsp3) is 0.500. The molecular formula is C14H18BrNO2. The minimum atomic E-state index is -0.0239. The van der Waals surface area contributed by atoms with Gasteiger partial charge in [0.25, 0.3) is 5.91 Å². The maximum absolute atomic E-state index is 12.1. The Morgan fingerprint density at radius 3 is 2.78 bits per heavy atom. The van der Waals surface area contributed by atoms with E-state index in [2.05, 4.69) is 21.2 Å². The Bertz CT molecular complexity index is 455. The molecule has 1 amide bonds. The van der Waals surface area contributed by atoms with Gasteiger partial charge in [-0.25, -0.2) is 0 Å². The molecule has 1 aliphatic rings. The number of aliphatic hydroxyl groups is 1. The van der Waals surface area contributed by atoms with Crippen LogP contribution in [0.5, 0.6) is 0 Å². The standard InChI is InChI=1S/C14H18BrNO2/c1-10-8-11(15)2-3-12(10)13(18)16-9-14(4-5-14)6-7-17/h2-3,8,17H,4-7,9H2,1H3,(H,16,18). The minimum absolute atomic E-state index is 0.0239. The SMILES string of the molecule is Cc1cc(Br)ccc1C(=O)NCC1(CCO)CC1. The molecule has 1 aromatic rings. The van der Waals surface area contributed by atoms with Crippen LogP contribution in [-0.2, 0) is 0 Å². The molecule has 0 spiro atoms. The van der Waals surface area contributed by atoms with Crippen molar-refractivity contribution >= 4 is 21.8 Å². The van der Waals surface area contributed by atoms with Gasteiger partial charge in [-0.15, -0.1) is 0 Å². The average Bonchev–Trinajstić information content (AvgIpc) is 3.07. The van der Waals surface area contributed by atoms with E-state index in [1.165, 1.54) is 0 Å². The highest BCUT2D eigenvalue weighted by Gasteiger charge is 2.41. The van der Waals surface area contributed by atoms with Crippen molar-refractivity contribution in [2.24, 2.45) is 5.41 Å². The van der Waals surface area contributed by atoms with Crippen LogP contribution in [0.15, 0.2) is 22.7 Å². The summed E-state index contributed by atoms with van der Waals surface area (Å²) in [7, 11) is 0. The second-order valence-corrected chi connectivity index (χ2v) is 6.03. The maximum Gasteiger partial charge on any atom is 0.251 e. The Kier molecular flexibility index (Phi) is 4.07. The van der Waals surface area contributed by atoms with Gasteiger partial charge in [-0.1, -0.05) is 15.9 Å². The van der Waals surface area contributed by atoms with Gasteiger partial charge in [0.2, 0.25) is 0 Å². The maximum atomic E-state index is 12.1. The van der Waals surface area contributed by atoms with Gasteiger partial charge in [0.05, 0.1) is 0 Å². The van der Waals surface area contributed by atoms with Crippen molar-refractivity contribution in [1.29, 1.82) is 0 Å². The summed E-state index contributed by atoms with van der Waals surface area (Å²) in [6.07, 6.45) is 2.99. The number of carbonyl (C=O) groups is 1. The normalized spacial score (nSPS) is 16.4. The van der Waals surface area contributed by atoms with E-state index in [4.69, 9.17) is 5.11 Å². The first kappa shape index (κ1) is 13.6. The number of aryl methyl sites for hydroxylation is 1. The van der Waals surface area contributed by atoms with E-state index in [1.807, 2.05) is 25.1 Å². The molecule has 0 aromatic heterocycles. The summed E-state index contributed by atoms with van der Waals surface area (Å²) in [6.45, 7) is 2.80. The molecule has 0 atom stereocenters. The molecule has 3 nitrogen and oxygen atoms in total. The summed E-state index contributed by atoms with van der Waals surface area (Å²) >= 11 is 3.39. The van der Waals surface area contributed by atoms with Crippen LogP contribution in [0.2, 0.25) is 0 Å². The Morgan fingerprint density at radius 2 is 2.22 bits per heavy atom. The van der Waals surface area contributed by atoms with E-state index in [-0.39, 0.29) is 17.9 Å². The molecule has 0 bridgehead atoms.